The van der Waals surface area contributed by atoms with Crippen molar-refractivity contribution in [2.75, 3.05) is 36.4 Å². The van der Waals surface area contributed by atoms with E-state index in [1.165, 1.54) is 28.4 Å². The van der Waals surface area contributed by atoms with Gasteiger partial charge in [0.25, 0.3) is 5.91 Å². The molecule has 1 saturated heterocycles. The van der Waals surface area contributed by atoms with Crippen molar-refractivity contribution in [1.82, 2.24) is 14.7 Å². The lowest BCUT2D eigenvalue weighted by Gasteiger charge is -2.35. The molecule has 2 atom stereocenters. The zero-order chi connectivity index (χ0) is 24.0. The van der Waals surface area contributed by atoms with E-state index in [-0.39, 0.29) is 28.8 Å². The van der Waals surface area contributed by atoms with Gasteiger partial charge in [-0.3, -0.25) is 4.79 Å². The quantitative estimate of drug-likeness (QED) is 0.479. The van der Waals surface area contributed by atoms with Crippen LogP contribution in [0, 0.1) is 5.82 Å². The fraction of sp³-hybridized carbons (Fsp3) is 0.364. The van der Waals surface area contributed by atoms with Gasteiger partial charge in [0.1, 0.15) is 16.7 Å². The van der Waals surface area contributed by atoms with Crippen molar-refractivity contribution >= 4 is 40.4 Å². The van der Waals surface area contributed by atoms with Crippen LogP contribution in [0.3, 0.4) is 0 Å². The molecule has 2 unspecified atom stereocenters. The second kappa shape index (κ2) is 8.77. The second-order valence-corrected chi connectivity index (χ2v) is 9.57. The summed E-state index contributed by atoms with van der Waals surface area (Å²) in [5, 5.41) is 8.78. The van der Waals surface area contributed by atoms with Gasteiger partial charge < -0.3 is 15.1 Å². The van der Waals surface area contributed by atoms with E-state index in [4.69, 9.17) is 11.6 Å². The Morgan fingerprint density at radius 1 is 1.12 bits per heavy atom. The standard InChI is InChI=1S/C22H20ClF4N5OS/c23-18-19(21(33)31-9-7-30(8-10-31)14-5-3-13(24)4-6-14)29-32-17(22(25,26)27)12-15(28-20(18)32)16-2-1-11-34-16/h1-6,11,15,17,28H,7-10,12H2. The molecule has 4 heterocycles. The monoisotopic (exact) mass is 513 g/mol. The van der Waals surface area contributed by atoms with Crippen LogP contribution in [0.25, 0.3) is 0 Å². The van der Waals surface area contributed by atoms with Gasteiger partial charge in [-0.05, 0) is 35.7 Å². The Morgan fingerprint density at radius 3 is 2.44 bits per heavy atom. The lowest BCUT2D eigenvalue weighted by Crippen LogP contribution is -2.49. The van der Waals surface area contributed by atoms with E-state index < -0.39 is 24.2 Å². The Morgan fingerprint density at radius 2 is 1.82 bits per heavy atom. The number of alkyl halides is 3. The van der Waals surface area contributed by atoms with E-state index in [0.717, 1.165) is 15.2 Å². The number of fused-ring (bicyclic) bond motifs is 1. The number of nitrogens with one attached hydrogen (secondary N) is 1. The maximum absolute atomic E-state index is 13.9. The number of nitrogens with zero attached hydrogens (tertiary/aromatic N) is 4. The number of amides is 1. The first-order valence-electron chi connectivity index (χ1n) is 10.7. The molecule has 0 bridgehead atoms. The van der Waals surface area contributed by atoms with Gasteiger partial charge in [0.05, 0.1) is 6.04 Å². The van der Waals surface area contributed by atoms with Crippen LogP contribution in [0.15, 0.2) is 41.8 Å². The largest absolute Gasteiger partial charge is 0.410 e. The molecular formula is C22H20ClF4N5OS. The number of hydrogen-bond donors (Lipinski definition) is 1. The van der Waals surface area contributed by atoms with Gasteiger partial charge in [0.2, 0.25) is 0 Å². The first kappa shape index (κ1) is 23.0. The molecule has 1 fully saturated rings. The minimum atomic E-state index is -4.55. The summed E-state index contributed by atoms with van der Waals surface area (Å²) in [6.07, 6.45) is -4.80. The van der Waals surface area contributed by atoms with E-state index in [1.54, 1.807) is 29.6 Å². The Kier molecular flexibility index (Phi) is 5.93. The van der Waals surface area contributed by atoms with Crippen LogP contribution in [0.4, 0.5) is 29.1 Å². The highest BCUT2D eigenvalue weighted by Gasteiger charge is 2.48. The van der Waals surface area contributed by atoms with Crippen molar-refractivity contribution < 1.29 is 22.4 Å². The summed E-state index contributed by atoms with van der Waals surface area (Å²) >= 11 is 7.79. The summed E-state index contributed by atoms with van der Waals surface area (Å²) in [6, 6.07) is 7.13. The third kappa shape index (κ3) is 4.22. The highest BCUT2D eigenvalue weighted by atomic mass is 35.5. The van der Waals surface area contributed by atoms with E-state index in [9.17, 15) is 22.4 Å². The number of carbonyl (C=O) groups excluding carboxylic acids is 1. The van der Waals surface area contributed by atoms with Crippen LogP contribution < -0.4 is 10.2 Å². The first-order valence-corrected chi connectivity index (χ1v) is 11.9. The Hall–Kier alpha value is -2.79. The van der Waals surface area contributed by atoms with Gasteiger partial charge in [0.15, 0.2) is 11.7 Å². The Balaban J connectivity index is 1.37. The Labute approximate surface area is 201 Å². The molecule has 0 aliphatic carbocycles. The van der Waals surface area contributed by atoms with Gasteiger partial charge >= 0.3 is 6.18 Å². The smallest absolute Gasteiger partial charge is 0.368 e. The number of anilines is 2. The molecule has 1 aromatic carbocycles. The summed E-state index contributed by atoms with van der Waals surface area (Å²) in [5.41, 5.74) is 0.640. The van der Waals surface area contributed by atoms with Crippen LogP contribution in [0.2, 0.25) is 5.02 Å². The molecule has 0 spiro atoms. The van der Waals surface area contributed by atoms with Gasteiger partial charge in [0, 0.05) is 43.2 Å². The van der Waals surface area contributed by atoms with Crippen molar-refractivity contribution in [1.29, 1.82) is 0 Å². The van der Waals surface area contributed by atoms with Crippen LogP contribution in [0.1, 0.15) is 33.9 Å². The molecule has 6 nitrogen and oxygen atoms in total. The molecule has 0 saturated carbocycles. The summed E-state index contributed by atoms with van der Waals surface area (Å²) in [6.45, 7) is 1.66. The summed E-state index contributed by atoms with van der Waals surface area (Å²) < 4.78 is 55.7. The fourth-order valence-corrected chi connectivity index (χ4v) is 5.42. The van der Waals surface area contributed by atoms with Gasteiger partial charge in [-0.25, -0.2) is 9.07 Å². The topological polar surface area (TPSA) is 53.4 Å². The molecule has 1 N–H and O–H groups in total. The van der Waals surface area contributed by atoms with Crippen molar-refractivity contribution in [2.45, 2.75) is 24.7 Å². The van der Waals surface area contributed by atoms with Crippen LogP contribution >= 0.6 is 22.9 Å². The molecule has 2 aromatic heterocycles. The molecular weight excluding hydrogens is 494 g/mol. The van der Waals surface area contributed by atoms with Crippen molar-refractivity contribution in [2.24, 2.45) is 0 Å². The number of carbonyl (C=O) groups is 1. The normalized spacial score (nSPS) is 20.7. The predicted octanol–water partition coefficient (Wildman–Crippen LogP) is 5.36. The number of piperazine rings is 1. The molecule has 3 aromatic rings. The number of benzene rings is 1. The van der Waals surface area contributed by atoms with E-state index in [0.29, 0.717) is 26.2 Å². The minimum Gasteiger partial charge on any atom is -0.368 e. The number of rotatable bonds is 3. The molecule has 1 amide bonds. The van der Waals surface area contributed by atoms with Crippen LogP contribution in [-0.4, -0.2) is 52.9 Å². The van der Waals surface area contributed by atoms with Gasteiger partial charge in [-0.15, -0.1) is 11.3 Å². The summed E-state index contributed by atoms with van der Waals surface area (Å²) in [5.74, 6) is -0.842. The third-order valence-corrected chi connectivity index (χ3v) is 7.49. The molecule has 2 aliphatic rings. The maximum Gasteiger partial charge on any atom is 0.410 e. The fourth-order valence-electron chi connectivity index (χ4n) is 4.37. The van der Waals surface area contributed by atoms with E-state index in [1.807, 2.05) is 4.90 Å². The lowest BCUT2D eigenvalue weighted by atomic mass is 10.0. The van der Waals surface area contributed by atoms with Crippen LogP contribution in [-0.2, 0) is 0 Å². The van der Waals surface area contributed by atoms with Crippen LogP contribution in [0.5, 0.6) is 0 Å². The number of aromatic nitrogens is 2. The summed E-state index contributed by atoms with van der Waals surface area (Å²) in [7, 11) is 0. The lowest BCUT2D eigenvalue weighted by molar-refractivity contribution is -0.173. The third-order valence-electron chi connectivity index (χ3n) is 6.14. The van der Waals surface area contributed by atoms with Crippen molar-refractivity contribution in [3.05, 3.63) is 63.2 Å². The van der Waals surface area contributed by atoms with E-state index in [2.05, 4.69) is 10.4 Å². The SMILES string of the molecule is O=C(c1nn2c(c1Cl)NC(c1cccs1)CC2C(F)(F)F)N1CCN(c2ccc(F)cc2)CC1. The number of thiophene rings is 1. The number of halogens is 5. The van der Waals surface area contributed by atoms with Gasteiger partial charge in [-0.1, -0.05) is 17.7 Å². The highest BCUT2D eigenvalue weighted by molar-refractivity contribution is 7.10. The van der Waals surface area contributed by atoms with Gasteiger partial charge in [-0.2, -0.15) is 18.3 Å². The molecule has 180 valence electrons. The molecule has 5 rings (SSSR count). The zero-order valence-corrected chi connectivity index (χ0v) is 19.3. The number of hydrogen-bond acceptors (Lipinski definition) is 5. The average molecular weight is 514 g/mol. The van der Waals surface area contributed by atoms with E-state index >= 15 is 0 Å². The van der Waals surface area contributed by atoms with Crippen molar-refractivity contribution in [3.63, 3.8) is 0 Å². The predicted molar refractivity (Wildman–Crippen MR) is 122 cm³/mol. The first-order chi connectivity index (χ1) is 16.2. The maximum atomic E-state index is 13.9. The molecule has 0 radical (unpaired) electrons. The summed E-state index contributed by atoms with van der Waals surface area (Å²) in [4.78, 5) is 17.5. The molecule has 2 aliphatic heterocycles. The average Bonchev–Trinajstić information content (AvgIpc) is 3.47. The molecule has 12 heteroatoms. The molecule has 34 heavy (non-hydrogen) atoms. The Bertz CT molecular complexity index is 1170. The van der Waals surface area contributed by atoms with Crippen molar-refractivity contribution in [3.8, 4) is 0 Å². The second-order valence-electron chi connectivity index (χ2n) is 8.22. The highest BCUT2D eigenvalue weighted by Crippen LogP contribution is 2.47. The minimum absolute atomic E-state index is 0.00180. The zero-order valence-electron chi connectivity index (χ0n) is 17.7.